The average molecular weight is 327 g/mol. The fourth-order valence-corrected chi connectivity index (χ4v) is 2.00. The lowest BCUT2D eigenvalue weighted by Gasteiger charge is -2.08. The summed E-state index contributed by atoms with van der Waals surface area (Å²) < 4.78 is 20.2. The number of halogens is 1. The third-order valence-corrected chi connectivity index (χ3v) is 3.16. The van der Waals surface area contributed by atoms with Crippen molar-refractivity contribution in [2.75, 3.05) is 11.9 Å². The SMILES string of the molecule is Cc1nccn1-c1ncc(NC(=O)COc2ccccc2F)cn1. The minimum absolute atomic E-state index is 0.0230. The second-order valence-electron chi connectivity index (χ2n) is 4.88. The fourth-order valence-electron chi connectivity index (χ4n) is 2.00. The predicted molar refractivity (Wildman–Crippen MR) is 84.4 cm³/mol. The normalized spacial score (nSPS) is 10.4. The third-order valence-electron chi connectivity index (χ3n) is 3.16. The molecule has 2 aromatic heterocycles. The average Bonchev–Trinajstić information content (AvgIpc) is 3.01. The first-order valence-electron chi connectivity index (χ1n) is 7.13. The summed E-state index contributed by atoms with van der Waals surface area (Å²) in [5.74, 6) is 0.271. The number of nitrogens with zero attached hydrogens (tertiary/aromatic N) is 4. The highest BCUT2D eigenvalue weighted by molar-refractivity contribution is 5.91. The lowest BCUT2D eigenvalue weighted by molar-refractivity contribution is -0.118. The molecule has 3 aromatic rings. The fraction of sp³-hybridized carbons (Fsp3) is 0.125. The first-order valence-corrected chi connectivity index (χ1v) is 7.13. The van der Waals surface area contributed by atoms with E-state index in [1.54, 1.807) is 29.1 Å². The third kappa shape index (κ3) is 3.54. The number of aromatic nitrogens is 4. The number of carbonyl (C=O) groups excluding carboxylic acids is 1. The zero-order chi connectivity index (χ0) is 16.9. The summed E-state index contributed by atoms with van der Waals surface area (Å²) in [5, 5.41) is 2.58. The molecule has 7 nitrogen and oxygen atoms in total. The Hall–Kier alpha value is -3.29. The van der Waals surface area contributed by atoms with E-state index in [1.165, 1.54) is 24.5 Å². The predicted octanol–water partition coefficient (Wildman–Crippen LogP) is 2.13. The topological polar surface area (TPSA) is 81.9 Å². The van der Waals surface area contributed by atoms with Gasteiger partial charge < -0.3 is 10.1 Å². The van der Waals surface area contributed by atoms with Crippen molar-refractivity contribution in [3.05, 3.63) is 60.7 Å². The largest absolute Gasteiger partial charge is 0.481 e. The smallest absolute Gasteiger partial charge is 0.262 e. The molecule has 1 amide bonds. The summed E-state index contributed by atoms with van der Waals surface area (Å²) in [5.41, 5.74) is 0.415. The summed E-state index contributed by atoms with van der Waals surface area (Å²) in [6, 6.07) is 5.88. The molecule has 8 heteroatoms. The quantitative estimate of drug-likeness (QED) is 0.776. The standard InChI is InChI=1S/C16H14FN5O2/c1-11-18-6-7-22(11)16-19-8-12(9-20-16)21-15(23)10-24-14-5-3-2-4-13(14)17/h2-9H,10H2,1H3,(H,21,23). The Kier molecular flexibility index (Phi) is 4.46. The van der Waals surface area contributed by atoms with E-state index in [0.29, 0.717) is 11.6 Å². The van der Waals surface area contributed by atoms with Crippen molar-refractivity contribution in [3.8, 4) is 11.7 Å². The van der Waals surface area contributed by atoms with Crippen molar-refractivity contribution in [3.63, 3.8) is 0 Å². The molecule has 2 heterocycles. The second kappa shape index (κ2) is 6.86. The van der Waals surface area contributed by atoms with Gasteiger partial charge in [0.2, 0.25) is 5.95 Å². The molecule has 0 aliphatic carbocycles. The van der Waals surface area contributed by atoms with Crippen LogP contribution in [-0.4, -0.2) is 32.0 Å². The minimum atomic E-state index is -0.520. The Balaban J connectivity index is 1.59. The van der Waals surface area contributed by atoms with Gasteiger partial charge in [0.1, 0.15) is 5.82 Å². The Bertz CT molecular complexity index is 848. The van der Waals surface area contributed by atoms with Gasteiger partial charge in [0.25, 0.3) is 5.91 Å². The number of rotatable bonds is 5. The van der Waals surface area contributed by atoms with E-state index in [2.05, 4.69) is 20.3 Å². The molecule has 0 spiro atoms. The van der Waals surface area contributed by atoms with Crippen molar-refractivity contribution < 1.29 is 13.9 Å². The number of imidazole rings is 1. The maximum Gasteiger partial charge on any atom is 0.262 e. The molecule has 0 aliphatic rings. The molecule has 122 valence electrons. The van der Waals surface area contributed by atoms with Crippen LogP contribution in [0.2, 0.25) is 0 Å². The van der Waals surface area contributed by atoms with Crippen molar-refractivity contribution in [2.45, 2.75) is 6.92 Å². The molecule has 3 rings (SSSR count). The number of amides is 1. The van der Waals surface area contributed by atoms with Crippen LogP contribution in [0, 0.1) is 12.7 Å². The zero-order valence-corrected chi connectivity index (χ0v) is 12.8. The lowest BCUT2D eigenvalue weighted by atomic mass is 10.3. The van der Waals surface area contributed by atoms with Crippen molar-refractivity contribution in [1.82, 2.24) is 19.5 Å². The van der Waals surface area contributed by atoms with Crippen LogP contribution in [0.1, 0.15) is 5.82 Å². The second-order valence-corrected chi connectivity index (χ2v) is 4.88. The number of anilines is 1. The van der Waals surface area contributed by atoms with Gasteiger partial charge in [-0.25, -0.2) is 19.3 Å². The van der Waals surface area contributed by atoms with E-state index in [1.807, 2.05) is 6.92 Å². The van der Waals surface area contributed by atoms with Gasteiger partial charge in [0, 0.05) is 12.4 Å². The van der Waals surface area contributed by atoms with E-state index in [4.69, 9.17) is 4.74 Å². The van der Waals surface area contributed by atoms with Crippen LogP contribution in [0.4, 0.5) is 10.1 Å². The van der Waals surface area contributed by atoms with Crippen molar-refractivity contribution >= 4 is 11.6 Å². The van der Waals surface area contributed by atoms with Gasteiger partial charge in [-0.3, -0.25) is 9.36 Å². The summed E-state index contributed by atoms with van der Waals surface area (Å²) >= 11 is 0. The van der Waals surface area contributed by atoms with Gasteiger partial charge in [0.15, 0.2) is 18.2 Å². The van der Waals surface area contributed by atoms with Crippen LogP contribution in [0.15, 0.2) is 49.1 Å². The molecular weight excluding hydrogens is 313 g/mol. The van der Waals surface area contributed by atoms with Gasteiger partial charge in [-0.15, -0.1) is 0 Å². The summed E-state index contributed by atoms with van der Waals surface area (Å²) in [7, 11) is 0. The number of nitrogens with one attached hydrogen (secondary N) is 1. The molecule has 0 unspecified atom stereocenters. The summed E-state index contributed by atoms with van der Waals surface area (Å²) in [6.45, 7) is 1.52. The molecule has 1 N–H and O–H groups in total. The number of ether oxygens (including phenoxy) is 1. The molecule has 0 atom stereocenters. The number of carbonyl (C=O) groups is 1. The Morgan fingerprint density at radius 2 is 2.00 bits per heavy atom. The Morgan fingerprint density at radius 1 is 1.25 bits per heavy atom. The molecular formula is C16H14FN5O2. The van der Waals surface area contributed by atoms with Crippen LogP contribution in [0.25, 0.3) is 5.95 Å². The first kappa shape index (κ1) is 15.6. The van der Waals surface area contributed by atoms with E-state index in [9.17, 15) is 9.18 Å². The van der Waals surface area contributed by atoms with E-state index >= 15 is 0 Å². The van der Waals surface area contributed by atoms with Gasteiger partial charge in [-0.2, -0.15) is 0 Å². The highest BCUT2D eigenvalue weighted by Gasteiger charge is 2.08. The van der Waals surface area contributed by atoms with Gasteiger partial charge in [0.05, 0.1) is 18.1 Å². The summed E-state index contributed by atoms with van der Waals surface area (Å²) in [4.78, 5) is 24.3. The molecule has 0 radical (unpaired) electrons. The molecule has 24 heavy (non-hydrogen) atoms. The van der Waals surface area contributed by atoms with Crippen molar-refractivity contribution in [2.24, 2.45) is 0 Å². The highest BCUT2D eigenvalue weighted by atomic mass is 19.1. The molecule has 1 aromatic carbocycles. The van der Waals surface area contributed by atoms with Crippen LogP contribution in [0.5, 0.6) is 5.75 Å². The maximum absolute atomic E-state index is 13.4. The molecule has 0 saturated heterocycles. The van der Waals surface area contributed by atoms with Crippen LogP contribution < -0.4 is 10.1 Å². The Labute approximate surface area is 137 Å². The minimum Gasteiger partial charge on any atom is -0.481 e. The Morgan fingerprint density at radius 3 is 2.67 bits per heavy atom. The zero-order valence-electron chi connectivity index (χ0n) is 12.8. The van der Waals surface area contributed by atoms with E-state index in [-0.39, 0.29) is 12.4 Å². The monoisotopic (exact) mass is 327 g/mol. The summed E-state index contributed by atoms with van der Waals surface area (Å²) in [6.07, 6.45) is 6.34. The van der Waals surface area contributed by atoms with E-state index in [0.717, 1.165) is 5.82 Å². The first-order chi connectivity index (χ1) is 11.6. The van der Waals surface area contributed by atoms with Crippen LogP contribution in [0.3, 0.4) is 0 Å². The van der Waals surface area contributed by atoms with Crippen LogP contribution in [-0.2, 0) is 4.79 Å². The van der Waals surface area contributed by atoms with E-state index < -0.39 is 11.7 Å². The molecule has 0 saturated carbocycles. The van der Waals surface area contributed by atoms with Crippen LogP contribution >= 0.6 is 0 Å². The van der Waals surface area contributed by atoms with Gasteiger partial charge >= 0.3 is 0 Å². The lowest BCUT2D eigenvalue weighted by Crippen LogP contribution is -2.20. The number of benzene rings is 1. The van der Waals surface area contributed by atoms with Crippen molar-refractivity contribution in [1.29, 1.82) is 0 Å². The maximum atomic E-state index is 13.4. The number of para-hydroxylation sites is 1. The number of hydrogen-bond donors (Lipinski definition) is 1. The molecule has 0 bridgehead atoms. The molecule has 0 fully saturated rings. The highest BCUT2D eigenvalue weighted by Crippen LogP contribution is 2.15. The molecule has 0 aliphatic heterocycles. The number of hydrogen-bond acceptors (Lipinski definition) is 5. The van der Waals surface area contributed by atoms with Gasteiger partial charge in [-0.05, 0) is 19.1 Å². The number of aryl methyl sites for hydroxylation is 1. The van der Waals surface area contributed by atoms with Gasteiger partial charge in [-0.1, -0.05) is 12.1 Å².